The van der Waals surface area contributed by atoms with Crippen LogP contribution in [0.5, 0.6) is 0 Å². The Hall–Kier alpha value is -1.89. The highest BCUT2D eigenvalue weighted by Gasteiger charge is 2.23. The van der Waals surface area contributed by atoms with E-state index in [4.69, 9.17) is 14.2 Å². The van der Waals surface area contributed by atoms with Gasteiger partial charge >= 0.3 is 11.9 Å². The van der Waals surface area contributed by atoms with Crippen molar-refractivity contribution in [2.24, 2.45) is 11.8 Å². The van der Waals surface area contributed by atoms with E-state index in [2.05, 4.69) is 5.32 Å². The van der Waals surface area contributed by atoms with Crippen molar-refractivity contribution in [1.29, 1.82) is 0 Å². The molecule has 0 aliphatic carbocycles. The van der Waals surface area contributed by atoms with Crippen molar-refractivity contribution in [3.8, 4) is 0 Å². The second-order valence-corrected chi connectivity index (χ2v) is 5.72. The molecule has 1 amide bonds. The highest BCUT2D eigenvalue weighted by molar-refractivity contribution is 5.85. The highest BCUT2D eigenvalue weighted by atomic mass is 16.6. The van der Waals surface area contributed by atoms with Crippen LogP contribution in [-0.4, -0.2) is 50.3 Å². The summed E-state index contributed by atoms with van der Waals surface area (Å²) in [6, 6.07) is -0.770. The number of carbonyl (C=O) groups excluding carboxylic acids is 3. The molecule has 7 nitrogen and oxygen atoms in total. The van der Waals surface area contributed by atoms with E-state index in [9.17, 15) is 14.4 Å². The van der Waals surface area contributed by atoms with Gasteiger partial charge in [-0.1, -0.05) is 19.1 Å². The number of carbonyl (C=O) groups is 3. The first kappa shape index (κ1) is 19.2. The minimum absolute atomic E-state index is 0.0312. The zero-order valence-electron chi connectivity index (χ0n) is 14.0. The van der Waals surface area contributed by atoms with Gasteiger partial charge in [0.25, 0.3) is 0 Å². The first-order chi connectivity index (χ1) is 10.8. The molecule has 0 radical (unpaired) electrons. The van der Waals surface area contributed by atoms with E-state index >= 15 is 0 Å². The molecule has 1 N–H and O–H groups in total. The third-order valence-electron chi connectivity index (χ3n) is 3.63. The molecule has 1 rings (SSSR count). The van der Waals surface area contributed by atoms with Crippen LogP contribution in [0, 0.1) is 11.8 Å². The van der Waals surface area contributed by atoms with Crippen LogP contribution >= 0.6 is 0 Å². The Kier molecular flexibility index (Phi) is 7.74. The van der Waals surface area contributed by atoms with Crippen LogP contribution in [0.15, 0.2) is 12.2 Å². The Morgan fingerprint density at radius 1 is 1.09 bits per heavy atom. The third kappa shape index (κ3) is 6.40. The molecule has 1 aliphatic rings. The summed E-state index contributed by atoms with van der Waals surface area (Å²) < 4.78 is 15.6. The van der Waals surface area contributed by atoms with Crippen molar-refractivity contribution in [2.75, 3.05) is 20.3 Å². The predicted octanol–water partition coefficient (Wildman–Crippen LogP) is 0.825. The molecule has 0 aromatic rings. The zero-order chi connectivity index (χ0) is 17.4. The molecule has 1 aliphatic heterocycles. The molecule has 0 spiro atoms. The van der Waals surface area contributed by atoms with E-state index in [1.807, 2.05) is 13.0 Å². The molecule has 0 aromatic carbocycles. The van der Waals surface area contributed by atoms with Crippen molar-refractivity contribution in [2.45, 2.75) is 39.3 Å². The molecule has 23 heavy (non-hydrogen) atoms. The number of hydrogen-bond acceptors (Lipinski definition) is 6. The van der Waals surface area contributed by atoms with Crippen LogP contribution < -0.4 is 5.32 Å². The van der Waals surface area contributed by atoms with Crippen molar-refractivity contribution in [1.82, 2.24) is 5.32 Å². The van der Waals surface area contributed by atoms with Gasteiger partial charge in [0.05, 0.1) is 12.0 Å². The summed E-state index contributed by atoms with van der Waals surface area (Å²) in [6.45, 7) is 5.06. The number of esters is 2. The summed E-state index contributed by atoms with van der Waals surface area (Å²) in [5, 5.41) is 2.55. The molecule has 1 heterocycles. The number of amides is 1. The lowest BCUT2D eigenvalue weighted by Gasteiger charge is -2.21. The minimum atomic E-state index is -0.770. The van der Waals surface area contributed by atoms with Gasteiger partial charge < -0.3 is 19.5 Å². The number of methoxy groups -OCH3 is 1. The number of hydrogen-bond donors (Lipinski definition) is 1. The van der Waals surface area contributed by atoms with E-state index in [-0.39, 0.29) is 37.6 Å². The molecular formula is C16H25NO6. The number of nitrogens with one attached hydrogen (secondary N) is 1. The quantitative estimate of drug-likeness (QED) is 0.566. The van der Waals surface area contributed by atoms with Crippen LogP contribution in [0.4, 0.5) is 0 Å². The number of ether oxygens (including phenoxy) is 3. The summed E-state index contributed by atoms with van der Waals surface area (Å²) in [6.07, 6.45) is 3.37. The zero-order valence-corrected chi connectivity index (χ0v) is 14.0. The molecule has 0 unspecified atom stereocenters. The molecule has 0 aromatic heterocycles. The predicted molar refractivity (Wildman–Crippen MR) is 82.4 cm³/mol. The number of rotatable bonds is 1. The molecule has 7 heteroatoms. The van der Waals surface area contributed by atoms with Crippen LogP contribution in [0.2, 0.25) is 0 Å². The van der Waals surface area contributed by atoms with Gasteiger partial charge in [0.1, 0.15) is 19.3 Å². The van der Waals surface area contributed by atoms with Crippen molar-refractivity contribution in [3.05, 3.63) is 12.2 Å². The molecule has 0 saturated heterocycles. The van der Waals surface area contributed by atoms with E-state index in [0.717, 1.165) is 0 Å². The summed E-state index contributed by atoms with van der Waals surface area (Å²) in [5.74, 6) is -1.93. The van der Waals surface area contributed by atoms with Crippen molar-refractivity contribution in [3.63, 3.8) is 0 Å². The van der Waals surface area contributed by atoms with Crippen LogP contribution in [0.25, 0.3) is 0 Å². The van der Waals surface area contributed by atoms with Gasteiger partial charge in [0, 0.05) is 19.4 Å². The number of cyclic esters (lactones) is 2. The Bertz CT molecular complexity index is 461. The maximum absolute atomic E-state index is 11.9. The smallest absolute Gasteiger partial charge is 0.328 e. The lowest BCUT2D eigenvalue weighted by atomic mass is 10.0. The maximum atomic E-state index is 11.9. The van der Waals surface area contributed by atoms with Gasteiger partial charge in [-0.05, 0) is 13.8 Å². The van der Waals surface area contributed by atoms with Gasteiger partial charge in [-0.3, -0.25) is 9.59 Å². The standard InChI is InChI=1S/C16H25NO6/c1-10-6-5-7-14(18)17-12(3)16(20)22-8-11(2)15(19)23-9-13(10)21-4/h5-6,10-13H,7-9H2,1-4H3,(H,17,18)/b6-5+/t10-,11+,12+,13-/m1/s1. The first-order valence-corrected chi connectivity index (χ1v) is 7.67. The fourth-order valence-electron chi connectivity index (χ4n) is 2.01. The summed E-state index contributed by atoms with van der Waals surface area (Å²) in [7, 11) is 1.54. The van der Waals surface area contributed by atoms with Gasteiger partial charge in [-0.25, -0.2) is 4.79 Å². The lowest BCUT2D eigenvalue weighted by molar-refractivity contribution is -0.158. The van der Waals surface area contributed by atoms with Crippen molar-refractivity contribution >= 4 is 17.8 Å². The lowest BCUT2D eigenvalue weighted by Crippen LogP contribution is -2.40. The Morgan fingerprint density at radius 3 is 2.39 bits per heavy atom. The topological polar surface area (TPSA) is 90.9 Å². The van der Waals surface area contributed by atoms with Gasteiger partial charge in [0.2, 0.25) is 5.91 Å². The normalized spacial score (nSPS) is 32.8. The molecule has 0 saturated carbocycles. The SMILES string of the molecule is CO[C@@H]1COC(=O)[C@@H](C)COC(=O)[C@H](C)NC(=O)C/C=C/[C@H]1C. The fraction of sp³-hybridized carbons (Fsp3) is 0.688. The molecule has 0 bridgehead atoms. The van der Waals surface area contributed by atoms with Crippen LogP contribution in [0.1, 0.15) is 27.2 Å². The summed E-state index contributed by atoms with van der Waals surface area (Å²) in [5.41, 5.74) is 0. The monoisotopic (exact) mass is 327 g/mol. The largest absolute Gasteiger partial charge is 0.463 e. The fourth-order valence-corrected chi connectivity index (χ4v) is 2.01. The Labute approximate surface area is 136 Å². The summed E-state index contributed by atoms with van der Waals surface area (Å²) in [4.78, 5) is 35.4. The molecule has 0 fully saturated rings. The Balaban J connectivity index is 2.83. The van der Waals surface area contributed by atoms with Gasteiger partial charge in [-0.2, -0.15) is 0 Å². The van der Waals surface area contributed by atoms with Crippen LogP contribution in [-0.2, 0) is 28.6 Å². The van der Waals surface area contributed by atoms with E-state index in [1.54, 1.807) is 13.0 Å². The average molecular weight is 327 g/mol. The van der Waals surface area contributed by atoms with Crippen molar-refractivity contribution < 1.29 is 28.6 Å². The second-order valence-electron chi connectivity index (χ2n) is 5.72. The van der Waals surface area contributed by atoms with E-state index in [1.165, 1.54) is 14.0 Å². The molecular weight excluding hydrogens is 302 g/mol. The highest BCUT2D eigenvalue weighted by Crippen LogP contribution is 2.11. The molecule has 4 atom stereocenters. The minimum Gasteiger partial charge on any atom is -0.463 e. The summed E-state index contributed by atoms with van der Waals surface area (Å²) >= 11 is 0. The molecule has 130 valence electrons. The third-order valence-corrected chi connectivity index (χ3v) is 3.63. The average Bonchev–Trinajstić information content (AvgIpc) is 2.51. The first-order valence-electron chi connectivity index (χ1n) is 7.67. The van der Waals surface area contributed by atoms with E-state index < -0.39 is 23.9 Å². The van der Waals surface area contributed by atoms with E-state index in [0.29, 0.717) is 0 Å². The van der Waals surface area contributed by atoms with Gasteiger partial charge in [-0.15, -0.1) is 0 Å². The maximum Gasteiger partial charge on any atom is 0.328 e. The van der Waals surface area contributed by atoms with Gasteiger partial charge in [0.15, 0.2) is 0 Å². The second kappa shape index (κ2) is 9.29. The Morgan fingerprint density at radius 2 is 1.74 bits per heavy atom. The van der Waals surface area contributed by atoms with Crippen LogP contribution in [0.3, 0.4) is 0 Å².